The molecular weight excluding hydrogens is 280 g/mol. The molecule has 0 amide bonds. The summed E-state index contributed by atoms with van der Waals surface area (Å²) in [4.78, 5) is 4.09. The van der Waals surface area contributed by atoms with Crippen LogP contribution in [0.4, 0.5) is 0 Å². The first-order valence-corrected chi connectivity index (χ1v) is 6.29. The number of nitrogens with zero attached hydrogens (tertiary/aromatic N) is 3. The minimum absolute atomic E-state index is 0.0166. The van der Waals surface area contributed by atoms with E-state index in [-0.39, 0.29) is 6.04 Å². The molecule has 0 fully saturated rings. The topological polar surface area (TPSA) is 56.7 Å². The van der Waals surface area contributed by atoms with E-state index in [1.165, 1.54) is 5.56 Å². The van der Waals surface area contributed by atoms with Crippen molar-refractivity contribution in [1.29, 1.82) is 0 Å². The van der Waals surface area contributed by atoms with Gasteiger partial charge in [0.25, 0.3) is 0 Å². The molecule has 0 saturated heterocycles. The highest BCUT2D eigenvalue weighted by Gasteiger charge is 2.14. The summed E-state index contributed by atoms with van der Waals surface area (Å²) in [5.41, 5.74) is 8.42. The maximum absolute atomic E-state index is 6.18. The van der Waals surface area contributed by atoms with Crippen LogP contribution in [0.2, 0.25) is 0 Å². The summed E-state index contributed by atoms with van der Waals surface area (Å²) in [6.07, 6.45) is 7.24. The van der Waals surface area contributed by atoms with Crippen LogP contribution in [0.5, 0.6) is 0 Å². The van der Waals surface area contributed by atoms with Gasteiger partial charge in [0.15, 0.2) is 0 Å². The summed E-state index contributed by atoms with van der Waals surface area (Å²) >= 11 is 3.47. The van der Waals surface area contributed by atoms with Gasteiger partial charge < -0.3 is 5.73 Å². The number of pyridine rings is 1. The quantitative estimate of drug-likeness (QED) is 0.941. The minimum atomic E-state index is -0.0166. The molecule has 1 atom stereocenters. The van der Waals surface area contributed by atoms with Crippen LogP contribution in [0.25, 0.3) is 0 Å². The van der Waals surface area contributed by atoms with E-state index < -0.39 is 0 Å². The average Bonchev–Trinajstić information content (AvgIpc) is 2.67. The molecule has 0 aliphatic rings. The van der Waals surface area contributed by atoms with E-state index in [0.717, 1.165) is 23.0 Å². The lowest BCUT2D eigenvalue weighted by Gasteiger charge is -2.12. The fraction of sp³-hybridized carbons (Fsp3) is 0.333. The van der Waals surface area contributed by atoms with E-state index in [9.17, 15) is 0 Å². The Kier molecular flexibility index (Phi) is 3.91. The van der Waals surface area contributed by atoms with Crippen LogP contribution in [0.3, 0.4) is 0 Å². The lowest BCUT2D eigenvalue weighted by molar-refractivity contribution is 0.579. The highest BCUT2D eigenvalue weighted by atomic mass is 79.9. The Hall–Kier alpha value is -1.20. The average molecular weight is 295 g/mol. The van der Waals surface area contributed by atoms with E-state index in [1.807, 2.05) is 24.0 Å². The number of aryl methyl sites for hydroxylation is 2. The van der Waals surface area contributed by atoms with E-state index >= 15 is 0 Å². The van der Waals surface area contributed by atoms with E-state index in [1.54, 1.807) is 12.4 Å². The van der Waals surface area contributed by atoms with Gasteiger partial charge in [-0.05, 0) is 40.4 Å². The van der Waals surface area contributed by atoms with Crippen molar-refractivity contribution in [3.63, 3.8) is 0 Å². The van der Waals surface area contributed by atoms with Crippen molar-refractivity contribution in [2.45, 2.75) is 18.9 Å². The van der Waals surface area contributed by atoms with E-state index in [4.69, 9.17) is 5.73 Å². The molecule has 17 heavy (non-hydrogen) atoms. The summed E-state index contributed by atoms with van der Waals surface area (Å²) in [6, 6.07) is 4.00. The monoisotopic (exact) mass is 294 g/mol. The Morgan fingerprint density at radius 1 is 1.47 bits per heavy atom. The van der Waals surface area contributed by atoms with E-state index in [2.05, 4.69) is 32.1 Å². The molecule has 0 saturated carbocycles. The zero-order valence-electron chi connectivity index (χ0n) is 9.68. The van der Waals surface area contributed by atoms with Crippen LogP contribution in [0.1, 0.15) is 23.7 Å². The molecule has 0 aromatic carbocycles. The fourth-order valence-corrected chi connectivity index (χ4v) is 2.48. The Morgan fingerprint density at radius 2 is 2.29 bits per heavy atom. The molecule has 2 heterocycles. The van der Waals surface area contributed by atoms with Crippen LogP contribution in [0, 0.1) is 0 Å². The summed E-state index contributed by atoms with van der Waals surface area (Å²) < 4.78 is 2.79. The molecule has 2 aromatic heterocycles. The Morgan fingerprint density at radius 3 is 2.88 bits per heavy atom. The van der Waals surface area contributed by atoms with Crippen LogP contribution in [-0.4, -0.2) is 14.8 Å². The van der Waals surface area contributed by atoms with Gasteiger partial charge in [-0.3, -0.25) is 9.67 Å². The second kappa shape index (κ2) is 5.42. The maximum Gasteiger partial charge on any atom is 0.0690 e. The van der Waals surface area contributed by atoms with Gasteiger partial charge in [0, 0.05) is 25.5 Å². The van der Waals surface area contributed by atoms with Crippen LogP contribution < -0.4 is 5.73 Å². The largest absolute Gasteiger partial charge is 0.323 e. The lowest BCUT2D eigenvalue weighted by atomic mass is 10.1. The predicted molar refractivity (Wildman–Crippen MR) is 70.4 cm³/mol. The zero-order valence-corrected chi connectivity index (χ0v) is 11.3. The summed E-state index contributed by atoms with van der Waals surface area (Å²) in [5, 5.41) is 4.17. The van der Waals surface area contributed by atoms with Crippen molar-refractivity contribution in [2.24, 2.45) is 12.8 Å². The zero-order chi connectivity index (χ0) is 12.3. The van der Waals surface area contributed by atoms with Crippen molar-refractivity contribution in [2.75, 3.05) is 0 Å². The van der Waals surface area contributed by atoms with Gasteiger partial charge in [0.2, 0.25) is 0 Å². The highest BCUT2D eigenvalue weighted by Crippen LogP contribution is 2.24. The van der Waals surface area contributed by atoms with Gasteiger partial charge in [0.05, 0.1) is 16.4 Å². The first kappa shape index (κ1) is 12.3. The molecule has 0 aliphatic carbocycles. The van der Waals surface area contributed by atoms with Gasteiger partial charge in [-0.15, -0.1) is 0 Å². The third-order valence-corrected chi connectivity index (χ3v) is 3.37. The standard InChI is InChI=1S/C12H15BrN4/c1-17-12(10(13)8-16-17)11(14)5-4-9-3-2-6-15-7-9/h2-3,6-8,11H,4-5,14H2,1H3. The lowest BCUT2D eigenvalue weighted by Crippen LogP contribution is -2.16. The van der Waals surface area contributed by atoms with Crippen LogP contribution in [-0.2, 0) is 13.5 Å². The second-order valence-corrected chi connectivity index (χ2v) is 4.86. The third-order valence-electron chi connectivity index (χ3n) is 2.76. The smallest absolute Gasteiger partial charge is 0.0690 e. The number of hydrogen-bond acceptors (Lipinski definition) is 3. The summed E-state index contributed by atoms with van der Waals surface area (Å²) in [5.74, 6) is 0. The second-order valence-electron chi connectivity index (χ2n) is 4.01. The van der Waals surface area contributed by atoms with E-state index in [0.29, 0.717) is 0 Å². The van der Waals surface area contributed by atoms with Gasteiger partial charge in [0.1, 0.15) is 0 Å². The number of nitrogens with two attached hydrogens (primary N) is 1. The molecule has 2 N–H and O–H groups in total. The SMILES string of the molecule is Cn1ncc(Br)c1C(N)CCc1cccnc1. The molecule has 4 nitrogen and oxygen atoms in total. The van der Waals surface area contributed by atoms with Gasteiger partial charge in [-0.1, -0.05) is 6.07 Å². The summed E-state index contributed by atoms with van der Waals surface area (Å²) in [6.45, 7) is 0. The molecule has 2 aromatic rings. The maximum atomic E-state index is 6.18. The molecule has 1 unspecified atom stereocenters. The number of hydrogen-bond donors (Lipinski definition) is 1. The predicted octanol–water partition coefficient (Wildman–Crippen LogP) is 2.21. The molecule has 2 rings (SSSR count). The highest BCUT2D eigenvalue weighted by molar-refractivity contribution is 9.10. The van der Waals surface area contributed by atoms with Gasteiger partial charge in [-0.25, -0.2) is 0 Å². The van der Waals surface area contributed by atoms with Crippen molar-refractivity contribution in [3.8, 4) is 0 Å². The molecule has 0 radical (unpaired) electrons. The molecule has 5 heteroatoms. The number of halogens is 1. The number of rotatable bonds is 4. The Balaban J connectivity index is 2.01. The first-order valence-electron chi connectivity index (χ1n) is 5.50. The fourth-order valence-electron chi connectivity index (χ4n) is 1.84. The van der Waals surface area contributed by atoms with Crippen molar-refractivity contribution >= 4 is 15.9 Å². The first-order chi connectivity index (χ1) is 8.18. The van der Waals surface area contributed by atoms with Crippen LogP contribution >= 0.6 is 15.9 Å². The number of aromatic nitrogens is 3. The van der Waals surface area contributed by atoms with Crippen molar-refractivity contribution in [1.82, 2.24) is 14.8 Å². The van der Waals surface area contributed by atoms with Crippen LogP contribution in [0.15, 0.2) is 35.2 Å². The molecule has 0 aliphatic heterocycles. The summed E-state index contributed by atoms with van der Waals surface area (Å²) in [7, 11) is 1.91. The molecule has 90 valence electrons. The van der Waals surface area contributed by atoms with Gasteiger partial charge >= 0.3 is 0 Å². The third kappa shape index (κ3) is 2.92. The molecular formula is C12H15BrN4. The molecule has 0 bridgehead atoms. The van der Waals surface area contributed by atoms with Crippen molar-refractivity contribution < 1.29 is 0 Å². The Labute approximate surface area is 109 Å². The van der Waals surface area contributed by atoms with Gasteiger partial charge in [-0.2, -0.15) is 5.10 Å². The minimum Gasteiger partial charge on any atom is -0.323 e. The molecule has 0 spiro atoms. The van der Waals surface area contributed by atoms with Crippen molar-refractivity contribution in [3.05, 3.63) is 46.5 Å². The Bertz CT molecular complexity index is 461. The normalized spacial score (nSPS) is 12.6.